The summed E-state index contributed by atoms with van der Waals surface area (Å²) in [6.07, 6.45) is 2.89. The number of hydrogen-bond donors (Lipinski definition) is 0. The molecule has 0 aliphatic carbocycles. The van der Waals surface area contributed by atoms with Gasteiger partial charge >= 0.3 is 0 Å². The fourth-order valence-electron chi connectivity index (χ4n) is 3.63. The Morgan fingerprint density at radius 2 is 1.43 bits per heavy atom. The van der Waals surface area contributed by atoms with Crippen LogP contribution in [-0.2, 0) is 18.3 Å². The van der Waals surface area contributed by atoms with Crippen LogP contribution < -0.4 is 4.74 Å². The van der Waals surface area contributed by atoms with Gasteiger partial charge < -0.3 is 4.74 Å². The van der Waals surface area contributed by atoms with Gasteiger partial charge in [-0.3, -0.25) is 0 Å². The number of methoxy groups -OCH3 is 1. The van der Waals surface area contributed by atoms with Gasteiger partial charge in [0.2, 0.25) is 0 Å². The van der Waals surface area contributed by atoms with Crippen LogP contribution >= 0.6 is 11.6 Å². The summed E-state index contributed by atoms with van der Waals surface area (Å²) in [6.45, 7) is 4.59. The minimum absolute atomic E-state index is 0.170. The third kappa shape index (κ3) is 4.74. The van der Waals surface area contributed by atoms with Crippen LogP contribution in [0.1, 0.15) is 29.5 Å². The largest absolute Gasteiger partial charge is 0.496 e. The number of benzene rings is 3. The predicted molar refractivity (Wildman–Crippen MR) is 115 cm³/mol. The summed E-state index contributed by atoms with van der Waals surface area (Å²) in [6, 6.07) is 22.8. The summed E-state index contributed by atoms with van der Waals surface area (Å²) < 4.78 is 19.8. The molecule has 0 saturated carbocycles. The zero-order chi connectivity index (χ0) is 20.0. The maximum Gasteiger partial charge on any atom is 0.126 e. The van der Waals surface area contributed by atoms with Gasteiger partial charge in [-0.05, 0) is 67.3 Å². The minimum Gasteiger partial charge on any atom is -0.496 e. The Labute approximate surface area is 172 Å². The molecule has 0 fully saturated rings. The molecule has 1 radical (unpaired) electrons. The van der Waals surface area contributed by atoms with Gasteiger partial charge in [-0.2, -0.15) is 0 Å². The average molecular weight is 396 g/mol. The van der Waals surface area contributed by atoms with E-state index in [1.807, 2.05) is 54.6 Å². The van der Waals surface area contributed by atoms with Crippen LogP contribution in [-0.4, -0.2) is 7.11 Å². The van der Waals surface area contributed by atoms with Crippen molar-refractivity contribution in [1.29, 1.82) is 0 Å². The highest BCUT2D eigenvalue weighted by Crippen LogP contribution is 2.39. The summed E-state index contributed by atoms with van der Waals surface area (Å²) >= 11 is 6.36. The molecular weight excluding hydrogens is 371 g/mol. The van der Waals surface area contributed by atoms with Crippen molar-refractivity contribution in [3.8, 4) is 5.75 Å². The lowest BCUT2D eigenvalue weighted by Gasteiger charge is -2.32. The molecule has 3 aromatic rings. The van der Waals surface area contributed by atoms with E-state index in [-0.39, 0.29) is 5.82 Å². The van der Waals surface area contributed by atoms with Gasteiger partial charge in [0.15, 0.2) is 0 Å². The van der Waals surface area contributed by atoms with E-state index in [1.54, 1.807) is 13.2 Å². The maximum absolute atomic E-state index is 14.2. The lowest BCUT2D eigenvalue weighted by molar-refractivity contribution is 0.378. The molecule has 0 spiro atoms. The molecule has 3 rings (SSSR count). The molecule has 0 aliphatic rings. The predicted octanol–water partition coefficient (Wildman–Crippen LogP) is 6.83. The van der Waals surface area contributed by atoms with Crippen LogP contribution in [0.25, 0.3) is 0 Å². The van der Waals surface area contributed by atoms with Gasteiger partial charge in [0.1, 0.15) is 11.6 Å². The Bertz CT molecular complexity index is 872. The molecule has 3 heteroatoms. The number of halogens is 2. The van der Waals surface area contributed by atoms with E-state index in [0.29, 0.717) is 18.4 Å². The molecule has 0 bridgehead atoms. The molecule has 1 nitrogen and oxygen atoms in total. The highest BCUT2D eigenvalue weighted by atomic mass is 35.5. The maximum atomic E-state index is 14.2. The van der Waals surface area contributed by atoms with Gasteiger partial charge in [0.05, 0.1) is 7.11 Å². The molecule has 0 aliphatic heterocycles. The van der Waals surface area contributed by atoms with Crippen molar-refractivity contribution >= 4 is 11.6 Å². The normalized spacial score (nSPS) is 13.1. The van der Waals surface area contributed by atoms with Gasteiger partial charge in [-0.15, -0.1) is 0 Å². The van der Waals surface area contributed by atoms with E-state index >= 15 is 0 Å². The second-order valence-electron chi connectivity index (χ2n) is 7.16. The quantitative estimate of drug-likeness (QED) is 0.406. The molecule has 3 aromatic carbocycles. The summed E-state index contributed by atoms with van der Waals surface area (Å²) in [5.74, 6) is 0.640. The molecule has 145 valence electrons. The SMILES string of the molecule is [CH2]C(CCc1ccccc1F)(CCc1ccccc1Cl)c1ccccc1OC. The molecule has 0 saturated heterocycles. The third-order valence-electron chi connectivity index (χ3n) is 5.34. The second-order valence-corrected chi connectivity index (χ2v) is 7.57. The van der Waals surface area contributed by atoms with Crippen LogP contribution in [0.2, 0.25) is 5.02 Å². The summed E-state index contributed by atoms with van der Waals surface area (Å²) in [7, 11) is 1.67. The van der Waals surface area contributed by atoms with Crippen molar-refractivity contribution in [2.75, 3.05) is 7.11 Å². The first kappa shape index (κ1) is 20.4. The zero-order valence-electron chi connectivity index (χ0n) is 16.1. The molecule has 0 N–H and O–H groups in total. The molecule has 0 amide bonds. The molecule has 0 aromatic heterocycles. The van der Waals surface area contributed by atoms with E-state index in [4.69, 9.17) is 16.3 Å². The van der Waals surface area contributed by atoms with E-state index < -0.39 is 5.41 Å². The van der Waals surface area contributed by atoms with Crippen molar-refractivity contribution in [3.63, 3.8) is 0 Å². The number of ether oxygens (including phenoxy) is 1. The first-order valence-electron chi connectivity index (χ1n) is 9.49. The monoisotopic (exact) mass is 395 g/mol. The second kappa shape index (κ2) is 9.25. The highest BCUT2D eigenvalue weighted by molar-refractivity contribution is 6.31. The number of rotatable bonds is 8. The van der Waals surface area contributed by atoms with Gasteiger partial charge in [0, 0.05) is 10.6 Å². The van der Waals surface area contributed by atoms with Crippen molar-refractivity contribution < 1.29 is 9.13 Å². The number of para-hydroxylation sites is 1. The first-order chi connectivity index (χ1) is 13.5. The van der Waals surface area contributed by atoms with Crippen LogP contribution in [0.5, 0.6) is 5.75 Å². The lowest BCUT2D eigenvalue weighted by Crippen LogP contribution is -2.25. The molecule has 28 heavy (non-hydrogen) atoms. The van der Waals surface area contributed by atoms with Gasteiger partial charge in [-0.25, -0.2) is 4.39 Å². The van der Waals surface area contributed by atoms with Crippen molar-refractivity contribution in [1.82, 2.24) is 0 Å². The smallest absolute Gasteiger partial charge is 0.126 e. The summed E-state index contributed by atoms with van der Waals surface area (Å²) in [5, 5.41) is 0.763. The van der Waals surface area contributed by atoms with Crippen LogP contribution in [0.4, 0.5) is 4.39 Å². The standard InChI is InChI=1S/C25H25ClFO/c1-25(21-11-5-8-14-24(21)28-2,17-15-19-9-3-6-12-22(19)26)18-16-20-10-4-7-13-23(20)27/h3-14H,1,15-18H2,2H3. The Balaban J connectivity index is 1.89. The van der Waals surface area contributed by atoms with E-state index in [9.17, 15) is 4.39 Å². The molecule has 0 heterocycles. The van der Waals surface area contributed by atoms with Gasteiger partial charge in [0.25, 0.3) is 0 Å². The molecule has 1 atom stereocenters. The third-order valence-corrected chi connectivity index (χ3v) is 5.71. The topological polar surface area (TPSA) is 9.23 Å². The Kier molecular flexibility index (Phi) is 6.74. The van der Waals surface area contributed by atoms with Crippen molar-refractivity contribution in [3.05, 3.63) is 107 Å². The summed E-state index contributed by atoms with van der Waals surface area (Å²) in [4.78, 5) is 0. The van der Waals surface area contributed by atoms with Gasteiger partial charge in [-0.1, -0.05) is 66.2 Å². The van der Waals surface area contributed by atoms with E-state index in [2.05, 4.69) is 13.0 Å². The number of hydrogen-bond acceptors (Lipinski definition) is 1. The summed E-state index contributed by atoms with van der Waals surface area (Å²) in [5.41, 5.74) is 2.43. The fourth-order valence-corrected chi connectivity index (χ4v) is 3.86. The van der Waals surface area contributed by atoms with E-state index in [0.717, 1.165) is 34.7 Å². The van der Waals surface area contributed by atoms with Crippen LogP contribution in [0, 0.1) is 12.7 Å². The number of aryl methyl sites for hydroxylation is 2. The lowest BCUT2D eigenvalue weighted by atomic mass is 9.73. The van der Waals surface area contributed by atoms with Crippen molar-refractivity contribution in [2.45, 2.75) is 31.1 Å². The Morgan fingerprint density at radius 3 is 2.11 bits per heavy atom. The molecular formula is C25H25ClFO. The van der Waals surface area contributed by atoms with Crippen LogP contribution in [0.3, 0.4) is 0 Å². The van der Waals surface area contributed by atoms with E-state index in [1.165, 1.54) is 6.07 Å². The Morgan fingerprint density at radius 1 is 0.857 bits per heavy atom. The minimum atomic E-state index is -0.423. The molecule has 1 unspecified atom stereocenters. The fraction of sp³-hybridized carbons (Fsp3) is 0.240. The average Bonchev–Trinajstić information content (AvgIpc) is 2.72. The first-order valence-corrected chi connectivity index (χ1v) is 9.87. The zero-order valence-corrected chi connectivity index (χ0v) is 16.9. The highest BCUT2D eigenvalue weighted by Gasteiger charge is 2.30. The Hall–Kier alpha value is -2.32. The van der Waals surface area contributed by atoms with Crippen molar-refractivity contribution in [2.24, 2.45) is 0 Å². The van der Waals surface area contributed by atoms with Crippen LogP contribution in [0.15, 0.2) is 72.8 Å².